The van der Waals surface area contributed by atoms with Crippen molar-refractivity contribution in [2.75, 3.05) is 13.2 Å². The molecule has 0 saturated carbocycles. The smallest absolute Gasteiger partial charge is 0.338 e. The Kier molecular flexibility index (Phi) is 4.58. The van der Waals surface area contributed by atoms with E-state index in [1.54, 1.807) is 19.9 Å². The first-order chi connectivity index (χ1) is 7.09. The molecule has 0 spiro atoms. The summed E-state index contributed by atoms with van der Waals surface area (Å²) in [5.41, 5.74) is 0. The molecule has 1 heterocycles. The molecule has 15 heavy (non-hydrogen) atoms. The molecule has 1 aromatic heterocycles. The Morgan fingerprint density at radius 1 is 1.27 bits per heavy atom. The maximum atomic E-state index is 12.1. The predicted octanol–water partition coefficient (Wildman–Crippen LogP) is 3.35. The lowest BCUT2D eigenvalue weighted by Gasteiger charge is -2.15. The van der Waals surface area contributed by atoms with Crippen LogP contribution < -0.4 is 0 Å². The second kappa shape index (κ2) is 5.50. The lowest BCUT2D eigenvalue weighted by molar-refractivity contribution is 0.217. The summed E-state index contributed by atoms with van der Waals surface area (Å²) < 4.78 is 27.7. The van der Waals surface area contributed by atoms with Crippen molar-refractivity contribution in [3.05, 3.63) is 23.7 Å². The zero-order chi connectivity index (χ0) is 11.3. The van der Waals surface area contributed by atoms with Crippen molar-refractivity contribution in [2.45, 2.75) is 26.9 Å². The Hall–Kier alpha value is -0.570. The van der Waals surface area contributed by atoms with Gasteiger partial charge in [0.1, 0.15) is 17.7 Å². The summed E-state index contributed by atoms with van der Waals surface area (Å²) in [5.74, 6) is 1.43. The van der Waals surface area contributed by atoms with Gasteiger partial charge < -0.3 is 13.5 Å². The van der Waals surface area contributed by atoms with Crippen LogP contribution in [-0.2, 0) is 19.8 Å². The molecule has 0 aliphatic rings. The molecule has 0 unspecified atom stereocenters. The van der Waals surface area contributed by atoms with Crippen LogP contribution in [-0.4, -0.2) is 13.2 Å². The van der Waals surface area contributed by atoms with Crippen LogP contribution >= 0.6 is 7.60 Å². The first-order valence-corrected chi connectivity index (χ1v) is 6.76. The highest BCUT2D eigenvalue weighted by molar-refractivity contribution is 7.53. The molecule has 0 radical (unpaired) electrons. The summed E-state index contributed by atoms with van der Waals surface area (Å²) in [6, 6.07) is 3.62. The fourth-order valence-corrected chi connectivity index (χ4v) is 2.88. The molecule has 0 aliphatic heterocycles. The molecule has 1 aromatic rings. The fourth-order valence-electron chi connectivity index (χ4n) is 1.28. The topological polar surface area (TPSA) is 48.7 Å². The first-order valence-electron chi connectivity index (χ1n) is 5.03. The average molecular weight is 232 g/mol. The Bertz CT molecular complexity index is 335. The van der Waals surface area contributed by atoms with Crippen molar-refractivity contribution in [3.8, 4) is 0 Å². The minimum absolute atomic E-state index is 0.197. The van der Waals surface area contributed by atoms with E-state index in [0.717, 1.165) is 5.76 Å². The Morgan fingerprint density at radius 3 is 2.27 bits per heavy atom. The largest absolute Gasteiger partial charge is 0.466 e. The maximum Gasteiger partial charge on any atom is 0.338 e. The molecule has 0 saturated heterocycles. The average Bonchev–Trinajstić information content (AvgIpc) is 2.51. The van der Waals surface area contributed by atoms with Crippen LogP contribution in [0, 0.1) is 6.92 Å². The lowest BCUT2D eigenvalue weighted by Crippen LogP contribution is -1.98. The quantitative estimate of drug-likeness (QED) is 0.705. The van der Waals surface area contributed by atoms with E-state index in [9.17, 15) is 4.57 Å². The van der Waals surface area contributed by atoms with E-state index in [2.05, 4.69) is 0 Å². The molecular weight excluding hydrogens is 215 g/mol. The van der Waals surface area contributed by atoms with Crippen LogP contribution in [0.1, 0.15) is 25.4 Å². The van der Waals surface area contributed by atoms with Gasteiger partial charge in [-0.25, -0.2) is 0 Å². The van der Waals surface area contributed by atoms with E-state index in [1.807, 2.05) is 13.0 Å². The van der Waals surface area contributed by atoms with E-state index in [1.165, 1.54) is 0 Å². The van der Waals surface area contributed by atoms with Crippen molar-refractivity contribution in [1.82, 2.24) is 0 Å². The van der Waals surface area contributed by atoms with E-state index in [-0.39, 0.29) is 6.16 Å². The third-order valence-electron chi connectivity index (χ3n) is 1.80. The Balaban J connectivity index is 2.70. The number of rotatable bonds is 6. The molecular formula is C10H17O4P. The molecule has 0 aromatic carbocycles. The molecule has 0 aliphatic carbocycles. The van der Waals surface area contributed by atoms with E-state index >= 15 is 0 Å². The van der Waals surface area contributed by atoms with Crippen LogP contribution in [0.2, 0.25) is 0 Å². The normalized spacial score (nSPS) is 11.9. The second-order valence-corrected chi connectivity index (χ2v) is 5.17. The summed E-state index contributed by atoms with van der Waals surface area (Å²) in [6.45, 7) is 6.17. The second-order valence-electron chi connectivity index (χ2n) is 3.12. The van der Waals surface area contributed by atoms with Gasteiger partial charge in [-0.1, -0.05) is 0 Å². The highest BCUT2D eigenvalue weighted by atomic mass is 31.2. The summed E-state index contributed by atoms with van der Waals surface area (Å²) in [6.07, 6.45) is 0.197. The molecule has 1 rings (SSSR count). The van der Waals surface area contributed by atoms with Gasteiger partial charge in [-0.15, -0.1) is 0 Å². The number of furan rings is 1. The van der Waals surface area contributed by atoms with Crippen molar-refractivity contribution in [3.63, 3.8) is 0 Å². The fraction of sp³-hybridized carbons (Fsp3) is 0.600. The molecule has 0 bridgehead atoms. The predicted molar refractivity (Wildman–Crippen MR) is 58.0 cm³/mol. The zero-order valence-electron chi connectivity index (χ0n) is 9.36. The number of aryl methyl sites for hydroxylation is 1. The van der Waals surface area contributed by atoms with Crippen LogP contribution in [0.3, 0.4) is 0 Å². The minimum atomic E-state index is -3.02. The molecule has 4 nitrogen and oxygen atoms in total. The molecule has 5 heteroatoms. The van der Waals surface area contributed by atoms with Gasteiger partial charge in [-0.05, 0) is 32.9 Å². The SMILES string of the molecule is CCOP(=O)(Cc1ccc(C)o1)OCC. The van der Waals surface area contributed by atoms with Gasteiger partial charge >= 0.3 is 7.60 Å². The first kappa shape index (κ1) is 12.5. The highest BCUT2D eigenvalue weighted by Gasteiger charge is 2.25. The van der Waals surface area contributed by atoms with Crippen LogP contribution in [0.4, 0.5) is 0 Å². The summed E-state index contributed by atoms with van der Waals surface area (Å²) in [7, 11) is -3.02. The van der Waals surface area contributed by atoms with Crippen molar-refractivity contribution in [2.24, 2.45) is 0 Å². The van der Waals surface area contributed by atoms with Gasteiger partial charge in [0.05, 0.1) is 13.2 Å². The van der Waals surface area contributed by atoms with Gasteiger partial charge in [0.15, 0.2) is 0 Å². The van der Waals surface area contributed by atoms with Crippen LogP contribution in [0.25, 0.3) is 0 Å². The summed E-state index contributed by atoms with van der Waals surface area (Å²) in [4.78, 5) is 0. The summed E-state index contributed by atoms with van der Waals surface area (Å²) in [5, 5.41) is 0. The van der Waals surface area contributed by atoms with Crippen LogP contribution in [0.15, 0.2) is 16.5 Å². The molecule has 0 atom stereocenters. The molecule has 0 fully saturated rings. The van der Waals surface area contributed by atoms with Gasteiger partial charge in [0, 0.05) is 0 Å². The Labute approximate surface area is 90.1 Å². The highest BCUT2D eigenvalue weighted by Crippen LogP contribution is 2.51. The minimum Gasteiger partial charge on any atom is -0.466 e. The van der Waals surface area contributed by atoms with Crippen LogP contribution in [0.5, 0.6) is 0 Å². The Morgan fingerprint density at radius 2 is 1.87 bits per heavy atom. The third-order valence-corrected chi connectivity index (χ3v) is 3.80. The zero-order valence-corrected chi connectivity index (χ0v) is 10.3. The van der Waals surface area contributed by atoms with Gasteiger partial charge in [-0.3, -0.25) is 4.57 Å². The van der Waals surface area contributed by atoms with Crippen molar-refractivity contribution < 1.29 is 18.0 Å². The standard InChI is InChI=1S/C10H17O4P/c1-4-12-15(11,13-5-2)8-10-7-6-9(3)14-10/h6-7H,4-5,8H2,1-3H3. The van der Waals surface area contributed by atoms with E-state index < -0.39 is 7.60 Å². The molecule has 86 valence electrons. The maximum absolute atomic E-state index is 12.1. The van der Waals surface area contributed by atoms with Crippen molar-refractivity contribution in [1.29, 1.82) is 0 Å². The summed E-state index contributed by atoms with van der Waals surface area (Å²) >= 11 is 0. The van der Waals surface area contributed by atoms with Gasteiger partial charge in [-0.2, -0.15) is 0 Å². The third kappa shape index (κ3) is 3.82. The monoisotopic (exact) mass is 232 g/mol. The van der Waals surface area contributed by atoms with Crippen molar-refractivity contribution >= 4 is 7.60 Å². The van der Waals surface area contributed by atoms with E-state index in [4.69, 9.17) is 13.5 Å². The number of hydrogen-bond donors (Lipinski definition) is 0. The lowest BCUT2D eigenvalue weighted by atomic mass is 10.5. The molecule has 0 amide bonds. The van der Waals surface area contributed by atoms with Gasteiger partial charge in [0.2, 0.25) is 0 Å². The number of hydrogen-bond acceptors (Lipinski definition) is 4. The molecule has 0 N–H and O–H groups in total. The van der Waals surface area contributed by atoms with E-state index in [0.29, 0.717) is 19.0 Å². The van der Waals surface area contributed by atoms with Gasteiger partial charge in [0.25, 0.3) is 0 Å².